The fourth-order valence-corrected chi connectivity index (χ4v) is 1.62. The van der Waals surface area contributed by atoms with E-state index in [0.29, 0.717) is 17.0 Å². The van der Waals surface area contributed by atoms with Crippen molar-refractivity contribution in [1.82, 2.24) is 4.90 Å². The number of hydrogen-bond acceptors (Lipinski definition) is 2. The molecule has 0 aliphatic heterocycles. The van der Waals surface area contributed by atoms with Crippen LogP contribution < -0.4 is 0 Å². The van der Waals surface area contributed by atoms with Crippen molar-refractivity contribution in [2.24, 2.45) is 5.92 Å². The van der Waals surface area contributed by atoms with Crippen molar-refractivity contribution in [3.05, 3.63) is 35.4 Å². The molecular formula is C14H18N2O. The first-order valence-corrected chi connectivity index (χ1v) is 5.84. The molecule has 0 saturated heterocycles. The lowest BCUT2D eigenvalue weighted by Gasteiger charge is -2.20. The molecule has 1 atom stereocenters. The number of hydrogen-bond donors (Lipinski definition) is 0. The zero-order valence-corrected chi connectivity index (χ0v) is 10.6. The van der Waals surface area contributed by atoms with E-state index in [9.17, 15) is 4.79 Å². The quantitative estimate of drug-likeness (QED) is 0.798. The minimum Gasteiger partial charge on any atom is -0.341 e. The van der Waals surface area contributed by atoms with E-state index in [1.165, 1.54) is 0 Å². The van der Waals surface area contributed by atoms with Gasteiger partial charge in [-0.1, -0.05) is 26.3 Å². The van der Waals surface area contributed by atoms with Gasteiger partial charge in [-0.05, 0) is 24.1 Å². The standard InChI is InChI=1S/C14H18N2O/c1-4-11(2)10-16(3)14(17)13-7-5-6-12(8-13)9-15/h5-8,11H,4,10H2,1-3H3. The Balaban J connectivity index is 2.78. The predicted molar refractivity (Wildman–Crippen MR) is 67.6 cm³/mol. The molecule has 1 aromatic carbocycles. The fraction of sp³-hybridized carbons (Fsp3) is 0.429. The van der Waals surface area contributed by atoms with Crippen molar-refractivity contribution >= 4 is 5.91 Å². The lowest BCUT2D eigenvalue weighted by atomic mass is 10.1. The number of nitriles is 1. The summed E-state index contributed by atoms with van der Waals surface area (Å²) in [6.45, 7) is 4.97. The summed E-state index contributed by atoms with van der Waals surface area (Å²) < 4.78 is 0. The summed E-state index contributed by atoms with van der Waals surface area (Å²) in [4.78, 5) is 13.8. The van der Waals surface area contributed by atoms with Crippen LogP contribution in [0.25, 0.3) is 0 Å². The Labute approximate surface area is 103 Å². The maximum atomic E-state index is 12.1. The van der Waals surface area contributed by atoms with Gasteiger partial charge < -0.3 is 4.90 Å². The van der Waals surface area contributed by atoms with Crippen LogP contribution in [0.4, 0.5) is 0 Å². The second kappa shape index (κ2) is 6.05. The molecule has 0 aliphatic carbocycles. The number of carbonyl (C=O) groups is 1. The van der Waals surface area contributed by atoms with Crippen LogP contribution in [-0.4, -0.2) is 24.4 Å². The van der Waals surface area contributed by atoms with Crippen LogP contribution in [0.15, 0.2) is 24.3 Å². The molecule has 0 bridgehead atoms. The molecule has 90 valence electrons. The Bertz CT molecular complexity index is 434. The van der Waals surface area contributed by atoms with Crippen LogP contribution >= 0.6 is 0 Å². The van der Waals surface area contributed by atoms with Gasteiger partial charge in [0.2, 0.25) is 0 Å². The SMILES string of the molecule is CCC(C)CN(C)C(=O)c1cccc(C#N)c1. The van der Waals surface area contributed by atoms with E-state index in [1.807, 2.05) is 6.07 Å². The molecule has 3 nitrogen and oxygen atoms in total. The van der Waals surface area contributed by atoms with Crippen LogP contribution in [-0.2, 0) is 0 Å². The Hall–Kier alpha value is -1.82. The normalized spacial score (nSPS) is 11.6. The van der Waals surface area contributed by atoms with Crippen LogP contribution in [0.1, 0.15) is 36.2 Å². The highest BCUT2D eigenvalue weighted by atomic mass is 16.2. The van der Waals surface area contributed by atoms with Crippen molar-refractivity contribution in [1.29, 1.82) is 5.26 Å². The molecular weight excluding hydrogens is 212 g/mol. The van der Waals surface area contributed by atoms with E-state index in [0.717, 1.165) is 13.0 Å². The molecule has 0 fully saturated rings. The third-order valence-electron chi connectivity index (χ3n) is 2.87. The van der Waals surface area contributed by atoms with E-state index in [2.05, 4.69) is 13.8 Å². The van der Waals surface area contributed by atoms with E-state index in [-0.39, 0.29) is 5.91 Å². The molecule has 0 aromatic heterocycles. The molecule has 3 heteroatoms. The van der Waals surface area contributed by atoms with E-state index in [1.54, 1.807) is 36.2 Å². The fourth-order valence-electron chi connectivity index (χ4n) is 1.62. The number of nitrogens with zero attached hydrogens (tertiary/aromatic N) is 2. The van der Waals surface area contributed by atoms with Gasteiger partial charge in [0, 0.05) is 19.2 Å². The molecule has 0 N–H and O–H groups in total. The highest BCUT2D eigenvalue weighted by Gasteiger charge is 2.13. The summed E-state index contributed by atoms with van der Waals surface area (Å²) in [7, 11) is 1.80. The highest BCUT2D eigenvalue weighted by Crippen LogP contribution is 2.09. The first kappa shape index (κ1) is 13.2. The van der Waals surface area contributed by atoms with E-state index < -0.39 is 0 Å². The Morgan fingerprint density at radius 1 is 1.53 bits per heavy atom. The topological polar surface area (TPSA) is 44.1 Å². The van der Waals surface area contributed by atoms with Crippen LogP contribution in [0.2, 0.25) is 0 Å². The molecule has 0 spiro atoms. The molecule has 0 radical (unpaired) electrons. The lowest BCUT2D eigenvalue weighted by molar-refractivity contribution is 0.0775. The van der Waals surface area contributed by atoms with Crippen molar-refractivity contribution in [3.63, 3.8) is 0 Å². The number of rotatable bonds is 4. The van der Waals surface area contributed by atoms with Gasteiger partial charge in [0.25, 0.3) is 5.91 Å². The monoisotopic (exact) mass is 230 g/mol. The molecule has 17 heavy (non-hydrogen) atoms. The Kier molecular flexibility index (Phi) is 4.71. The van der Waals surface area contributed by atoms with Gasteiger partial charge in [-0.3, -0.25) is 4.79 Å². The molecule has 1 amide bonds. The summed E-state index contributed by atoms with van der Waals surface area (Å²) in [5, 5.41) is 8.79. The minimum absolute atomic E-state index is 0.0256. The van der Waals surface area contributed by atoms with E-state index in [4.69, 9.17) is 5.26 Å². The third-order valence-corrected chi connectivity index (χ3v) is 2.87. The average Bonchev–Trinajstić information content (AvgIpc) is 2.37. The van der Waals surface area contributed by atoms with Gasteiger partial charge in [0.1, 0.15) is 0 Å². The number of carbonyl (C=O) groups excluding carboxylic acids is 1. The smallest absolute Gasteiger partial charge is 0.253 e. The lowest BCUT2D eigenvalue weighted by Crippen LogP contribution is -2.30. The summed E-state index contributed by atoms with van der Waals surface area (Å²) >= 11 is 0. The largest absolute Gasteiger partial charge is 0.341 e. The van der Waals surface area contributed by atoms with Crippen LogP contribution in [0.3, 0.4) is 0 Å². The average molecular weight is 230 g/mol. The maximum Gasteiger partial charge on any atom is 0.253 e. The molecule has 0 heterocycles. The summed E-state index contributed by atoms with van der Waals surface area (Å²) in [5.41, 5.74) is 1.10. The molecule has 1 rings (SSSR count). The minimum atomic E-state index is -0.0256. The summed E-state index contributed by atoms with van der Waals surface area (Å²) in [6.07, 6.45) is 1.05. The Morgan fingerprint density at radius 2 is 2.24 bits per heavy atom. The van der Waals surface area contributed by atoms with E-state index >= 15 is 0 Å². The van der Waals surface area contributed by atoms with Crippen molar-refractivity contribution in [2.75, 3.05) is 13.6 Å². The van der Waals surface area contributed by atoms with Crippen molar-refractivity contribution in [2.45, 2.75) is 20.3 Å². The van der Waals surface area contributed by atoms with Crippen LogP contribution in [0.5, 0.6) is 0 Å². The zero-order chi connectivity index (χ0) is 12.8. The van der Waals surface area contributed by atoms with Crippen LogP contribution in [0, 0.1) is 17.2 Å². The second-order valence-corrected chi connectivity index (χ2v) is 4.39. The summed E-state index contributed by atoms with van der Waals surface area (Å²) in [5.74, 6) is 0.463. The first-order valence-electron chi connectivity index (χ1n) is 5.84. The third kappa shape index (κ3) is 3.60. The predicted octanol–water partition coefficient (Wildman–Crippen LogP) is 2.68. The maximum absolute atomic E-state index is 12.1. The Morgan fingerprint density at radius 3 is 2.82 bits per heavy atom. The number of benzene rings is 1. The molecule has 0 saturated carbocycles. The zero-order valence-electron chi connectivity index (χ0n) is 10.6. The second-order valence-electron chi connectivity index (χ2n) is 4.39. The number of amides is 1. The van der Waals surface area contributed by atoms with Gasteiger partial charge in [-0.25, -0.2) is 0 Å². The molecule has 0 aliphatic rings. The van der Waals surface area contributed by atoms with Crippen molar-refractivity contribution in [3.8, 4) is 6.07 Å². The van der Waals surface area contributed by atoms with Gasteiger partial charge in [-0.2, -0.15) is 5.26 Å². The van der Waals surface area contributed by atoms with Gasteiger partial charge in [-0.15, -0.1) is 0 Å². The van der Waals surface area contributed by atoms with Gasteiger partial charge in [0.05, 0.1) is 11.6 Å². The highest BCUT2D eigenvalue weighted by molar-refractivity contribution is 5.94. The van der Waals surface area contributed by atoms with Crippen molar-refractivity contribution < 1.29 is 4.79 Å². The van der Waals surface area contributed by atoms with Gasteiger partial charge >= 0.3 is 0 Å². The molecule has 1 aromatic rings. The van der Waals surface area contributed by atoms with Gasteiger partial charge in [0.15, 0.2) is 0 Å². The summed E-state index contributed by atoms with van der Waals surface area (Å²) in [6, 6.07) is 8.86. The molecule has 1 unspecified atom stereocenters. The first-order chi connectivity index (χ1) is 8.08.